The van der Waals surface area contributed by atoms with E-state index in [0.717, 1.165) is 11.1 Å². The number of carbonyl (C=O) groups is 1. The van der Waals surface area contributed by atoms with Crippen LogP contribution in [0, 0.1) is 12.7 Å². The van der Waals surface area contributed by atoms with E-state index in [0.29, 0.717) is 30.8 Å². The summed E-state index contributed by atoms with van der Waals surface area (Å²) in [5.74, 6) is 0.147. The number of carbonyl (C=O) groups excluding carboxylic acids is 1. The molecule has 0 spiro atoms. The molecule has 0 aliphatic carbocycles. The summed E-state index contributed by atoms with van der Waals surface area (Å²) in [5, 5.41) is 0. The van der Waals surface area contributed by atoms with E-state index in [4.69, 9.17) is 14.2 Å². The van der Waals surface area contributed by atoms with E-state index in [1.165, 1.54) is 26.0 Å². The lowest BCUT2D eigenvalue weighted by Crippen LogP contribution is -2.53. The zero-order valence-electron chi connectivity index (χ0n) is 18.0. The van der Waals surface area contributed by atoms with Crippen molar-refractivity contribution >= 4 is 5.91 Å². The number of likely N-dealkylation sites (tertiary alicyclic amines) is 1. The van der Waals surface area contributed by atoms with Crippen LogP contribution in [0.25, 0.3) is 0 Å². The minimum Gasteiger partial charge on any atom is -0.490 e. The maximum absolute atomic E-state index is 13.7. The van der Waals surface area contributed by atoms with Crippen LogP contribution in [0.3, 0.4) is 0 Å². The van der Waals surface area contributed by atoms with E-state index in [1.807, 2.05) is 6.92 Å². The third-order valence-electron chi connectivity index (χ3n) is 5.86. The monoisotopic (exact) mass is 431 g/mol. The number of amides is 1. The molecule has 2 saturated heterocycles. The Kier molecular flexibility index (Phi) is 5.75. The Labute approximate surface area is 180 Å². The Morgan fingerprint density at radius 3 is 2.68 bits per heavy atom. The summed E-state index contributed by atoms with van der Waals surface area (Å²) in [5.41, 5.74) is 0.0641. The lowest BCUT2D eigenvalue weighted by atomic mass is 9.82. The SMILES string of the molecule is Cc1cc(C(=O)N2CCC3(c4ccc(F)cc4)OCOC3C2)ccc1OCC(C)(C)F. The average Bonchev–Trinajstić information content (AvgIpc) is 3.16. The molecule has 0 N–H and O–H groups in total. The Morgan fingerprint density at radius 1 is 1.26 bits per heavy atom. The van der Waals surface area contributed by atoms with Gasteiger partial charge in [0.25, 0.3) is 5.91 Å². The van der Waals surface area contributed by atoms with Gasteiger partial charge in [0.05, 0.1) is 6.54 Å². The van der Waals surface area contributed by atoms with Crippen LogP contribution in [0.1, 0.15) is 41.8 Å². The zero-order valence-corrected chi connectivity index (χ0v) is 18.0. The topological polar surface area (TPSA) is 48.0 Å². The van der Waals surface area contributed by atoms with Crippen molar-refractivity contribution in [3.63, 3.8) is 0 Å². The minimum atomic E-state index is -1.44. The molecule has 2 unspecified atom stereocenters. The van der Waals surface area contributed by atoms with Crippen molar-refractivity contribution in [3.05, 3.63) is 65.0 Å². The summed E-state index contributed by atoms with van der Waals surface area (Å²) in [6, 6.07) is 11.4. The van der Waals surface area contributed by atoms with Crippen LogP contribution < -0.4 is 4.74 Å². The Hall–Kier alpha value is -2.51. The number of fused-ring (bicyclic) bond motifs is 1. The first kappa shape index (κ1) is 21.7. The lowest BCUT2D eigenvalue weighted by molar-refractivity contribution is -0.0439. The number of alkyl halides is 1. The van der Waals surface area contributed by atoms with E-state index in [1.54, 1.807) is 35.2 Å². The van der Waals surface area contributed by atoms with Crippen molar-refractivity contribution in [3.8, 4) is 5.75 Å². The third-order valence-corrected chi connectivity index (χ3v) is 5.86. The van der Waals surface area contributed by atoms with Gasteiger partial charge >= 0.3 is 0 Å². The Morgan fingerprint density at radius 2 is 2.00 bits per heavy atom. The fourth-order valence-electron chi connectivity index (χ4n) is 4.18. The number of aryl methyl sites for hydroxylation is 1. The van der Waals surface area contributed by atoms with E-state index in [2.05, 4.69) is 0 Å². The standard InChI is InChI=1S/C24H27F2NO4/c1-16-12-17(4-9-20(16)29-14-23(2,3)26)22(28)27-11-10-24(21(13-27)30-15-31-24)18-5-7-19(25)8-6-18/h4-9,12,21H,10-11,13-15H2,1-3H3. The molecule has 2 heterocycles. The van der Waals surface area contributed by atoms with Crippen molar-refractivity contribution in [2.75, 3.05) is 26.5 Å². The molecule has 0 bridgehead atoms. The molecule has 31 heavy (non-hydrogen) atoms. The van der Waals surface area contributed by atoms with Crippen LogP contribution in [0.2, 0.25) is 0 Å². The maximum Gasteiger partial charge on any atom is 0.253 e. The second kappa shape index (κ2) is 8.20. The Bertz CT molecular complexity index is 957. The fourth-order valence-corrected chi connectivity index (χ4v) is 4.18. The molecule has 2 aromatic rings. The Balaban J connectivity index is 1.47. The minimum absolute atomic E-state index is 0.0578. The first-order valence-corrected chi connectivity index (χ1v) is 10.4. The van der Waals surface area contributed by atoms with Gasteiger partial charge in [-0.1, -0.05) is 12.1 Å². The van der Waals surface area contributed by atoms with Crippen LogP contribution in [0.5, 0.6) is 5.75 Å². The molecule has 2 atom stereocenters. The number of rotatable bonds is 5. The highest BCUT2D eigenvalue weighted by molar-refractivity contribution is 5.94. The predicted molar refractivity (Wildman–Crippen MR) is 111 cm³/mol. The van der Waals surface area contributed by atoms with Gasteiger partial charge in [-0.25, -0.2) is 8.78 Å². The normalized spacial score (nSPS) is 23.5. The highest BCUT2D eigenvalue weighted by Gasteiger charge is 2.51. The highest BCUT2D eigenvalue weighted by atomic mass is 19.1. The number of ether oxygens (including phenoxy) is 3. The molecule has 4 rings (SSSR count). The van der Waals surface area contributed by atoms with Gasteiger partial charge in [0.2, 0.25) is 0 Å². The molecule has 2 aliphatic heterocycles. The van der Waals surface area contributed by atoms with E-state index in [9.17, 15) is 13.6 Å². The van der Waals surface area contributed by atoms with E-state index >= 15 is 0 Å². The molecular formula is C24H27F2NO4. The van der Waals surface area contributed by atoms with Gasteiger partial charge in [-0.15, -0.1) is 0 Å². The molecule has 2 aromatic carbocycles. The van der Waals surface area contributed by atoms with E-state index in [-0.39, 0.29) is 31.2 Å². The van der Waals surface area contributed by atoms with Gasteiger partial charge in [-0.2, -0.15) is 0 Å². The molecule has 0 radical (unpaired) electrons. The zero-order chi connectivity index (χ0) is 22.2. The molecule has 1 amide bonds. The molecule has 2 aliphatic rings. The summed E-state index contributed by atoms with van der Waals surface area (Å²) in [6.07, 6.45) is 0.229. The number of benzene rings is 2. The third kappa shape index (κ3) is 4.43. The van der Waals surface area contributed by atoms with E-state index < -0.39 is 11.3 Å². The van der Waals surface area contributed by atoms with Crippen molar-refractivity contribution in [1.29, 1.82) is 0 Å². The predicted octanol–water partition coefficient (Wildman–Crippen LogP) is 4.38. The van der Waals surface area contributed by atoms with Gasteiger partial charge in [0.15, 0.2) is 0 Å². The molecule has 0 saturated carbocycles. The number of piperidine rings is 1. The molecule has 7 heteroatoms. The molecule has 166 valence electrons. The van der Waals surface area contributed by atoms with Crippen molar-refractivity contribution in [1.82, 2.24) is 4.90 Å². The molecular weight excluding hydrogens is 404 g/mol. The second-order valence-electron chi connectivity index (χ2n) is 8.80. The summed E-state index contributed by atoms with van der Waals surface area (Å²) in [4.78, 5) is 14.9. The number of nitrogens with zero attached hydrogens (tertiary/aromatic N) is 1. The number of halogens is 2. The van der Waals surface area contributed by atoms with Gasteiger partial charge in [-0.3, -0.25) is 4.79 Å². The molecule has 5 nitrogen and oxygen atoms in total. The van der Waals surface area contributed by atoms with Crippen molar-refractivity contribution in [2.45, 2.75) is 44.6 Å². The fraction of sp³-hybridized carbons (Fsp3) is 0.458. The van der Waals surface area contributed by atoms with Crippen LogP contribution in [-0.4, -0.2) is 49.1 Å². The van der Waals surface area contributed by atoms with Crippen LogP contribution in [-0.2, 0) is 15.1 Å². The summed E-state index contributed by atoms with van der Waals surface area (Å²) >= 11 is 0. The van der Waals surface area contributed by atoms with Crippen LogP contribution in [0.15, 0.2) is 42.5 Å². The summed E-state index contributed by atoms with van der Waals surface area (Å²) < 4.78 is 44.4. The first-order chi connectivity index (χ1) is 14.7. The van der Waals surface area contributed by atoms with Crippen LogP contribution >= 0.6 is 0 Å². The first-order valence-electron chi connectivity index (χ1n) is 10.4. The quantitative estimate of drug-likeness (QED) is 0.705. The smallest absolute Gasteiger partial charge is 0.253 e. The second-order valence-corrected chi connectivity index (χ2v) is 8.80. The summed E-state index contributed by atoms with van der Waals surface area (Å²) in [6.45, 7) is 5.70. The number of hydrogen-bond acceptors (Lipinski definition) is 4. The van der Waals surface area contributed by atoms with Gasteiger partial charge in [0, 0.05) is 18.5 Å². The average molecular weight is 431 g/mol. The molecule has 0 aromatic heterocycles. The number of hydrogen-bond donors (Lipinski definition) is 0. The van der Waals surface area contributed by atoms with Gasteiger partial charge < -0.3 is 19.1 Å². The van der Waals surface area contributed by atoms with Crippen molar-refractivity contribution in [2.24, 2.45) is 0 Å². The maximum atomic E-state index is 13.7. The summed E-state index contributed by atoms with van der Waals surface area (Å²) in [7, 11) is 0. The van der Waals surface area contributed by atoms with Gasteiger partial charge in [-0.05, 0) is 62.2 Å². The van der Waals surface area contributed by atoms with Crippen LogP contribution in [0.4, 0.5) is 8.78 Å². The highest BCUT2D eigenvalue weighted by Crippen LogP contribution is 2.42. The van der Waals surface area contributed by atoms with Gasteiger partial charge in [0.1, 0.15) is 42.3 Å². The van der Waals surface area contributed by atoms with Crippen molar-refractivity contribution < 1.29 is 27.8 Å². The molecule has 2 fully saturated rings. The lowest BCUT2D eigenvalue weighted by Gasteiger charge is -2.42. The largest absolute Gasteiger partial charge is 0.490 e.